The van der Waals surface area contributed by atoms with E-state index in [-0.39, 0.29) is 18.9 Å². The lowest BCUT2D eigenvalue weighted by molar-refractivity contribution is 0.0849. The molecule has 2 aromatic heterocycles. The first-order chi connectivity index (χ1) is 12.1. The molecule has 0 spiro atoms. The third-order valence-corrected chi connectivity index (χ3v) is 3.43. The van der Waals surface area contributed by atoms with Gasteiger partial charge in [-0.05, 0) is 36.4 Å². The average molecular weight is 339 g/mol. The summed E-state index contributed by atoms with van der Waals surface area (Å²) in [4.78, 5) is 16.7. The van der Waals surface area contributed by atoms with Crippen LogP contribution in [0, 0.1) is 0 Å². The normalized spacial score (nSPS) is 11.9. The molecule has 3 rings (SSSR count). The predicted octanol–water partition coefficient (Wildman–Crippen LogP) is 1.38. The highest BCUT2D eigenvalue weighted by Crippen LogP contribution is 2.14. The van der Waals surface area contributed by atoms with Gasteiger partial charge in [-0.3, -0.25) is 9.78 Å². The van der Waals surface area contributed by atoms with Crippen LogP contribution in [0.25, 0.3) is 11.4 Å². The molecule has 1 atom stereocenters. The zero-order chi connectivity index (χ0) is 17.6. The summed E-state index contributed by atoms with van der Waals surface area (Å²) in [6.45, 7) is 1.68. The van der Waals surface area contributed by atoms with Crippen LogP contribution in [0.1, 0.15) is 17.3 Å². The van der Waals surface area contributed by atoms with Crippen LogP contribution in [0.3, 0.4) is 0 Å². The van der Waals surface area contributed by atoms with Crippen molar-refractivity contribution in [1.82, 2.24) is 25.2 Å². The molecule has 0 saturated carbocycles. The highest BCUT2D eigenvalue weighted by molar-refractivity contribution is 5.94. The van der Waals surface area contributed by atoms with Crippen molar-refractivity contribution in [2.24, 2.45) is 0 Å². The Balaban J connectivity index is 1.56. The first kappa shape index (κ1) is 16.7. The highest BCUT2D eigenvalue weighted by atomic mass is 16.5. The van der Waals surface area contributed by atoms with E-state index in [1.807, 2.05) is 6.07 Å². The average Bonchev–Trinajstić information content (AvgIpc) is 3.09. The minimum Gasteiger partial charge on any atom is -0.491 e. The number of tetrazole rings is 1. The highest BCUT2D eigenvalue weighted by Gasteiger charge is 2.11. The molecule has 0 unspecified atom stereocenters. The first-order valence-electron chi connectivity index (χ1n) is 7.72. The summed E-state index contributed by atoms with van der Waals surface area (Å²) in [6.07, 6.45) is 2.48. The number of carbonyl (C=O) groups is 1. The van der Waals surface area contributed by atoms with Crippen LogP contribution >= 0.6 is 0 Å². The summed E-state index contributed by atoms with van der Waals surface area (Å²) in [5, 5.41) is 22.1. The van der Waals surface area contributed by atoms with Gasteiger partial charge in [0.2, 0.25) is 5.82 Å². The zero-order valence-electron chi connectivity index (χ0n) is 13.6. The number of aliphatic hydroxyl groups is 1. The van der Waals surface area contributed by atoms with Gasteiger partial charge in [0.15, 0.2) is 5.78 Å². The van der Waals surface area contributed by atoms with Gasteiger partial charge in [0.25, 0.3) is 0 Å². The van der Waals surface area contributed by atoms with E-state index in [4.69, 9.17) is 4.74 Å². The number of aliphatic hydroxyl groups excluding tert-OH is 1. The van der Waals surface area contributed by atoms with Crippen LogP contribution in [0.4, 0.5) is 0 Å². The topological polar surface area (TPSA) is 103 Å². The molecule has 128 valence electrons. The molecule has 0 amide bonds. The number of ether oxygens (including phenoxy) is 1. The quantitative estimate of drug-likeness (QED) is 0.649. The van der Waals surface area contributed by atoms with Crippen LogP contribution in [-0.2, 0) is 6.54 Å². The molecule has 0 aliphatic carbocycles. The number of Topliss-reactive ketones (excluding diaryl/α,β-unsaturated/α-hetero) is 1. The van der Waals surface area contributed by atoms with Crippen LogP contribution in [-0.4, -0.2) is 48.8 Å². The van der Waals surface area contributed by atoms with Gasteiger partial charge in [-0.1, -0.05) is 12.1 Å². The Hall–Kier alpha value is -3.13. The maximum absolute atomic E-state index is 11.4. The second kappa shape index (κ2) is 7.63. The maximum atomic E-state index is 11.4. The van der Waals surface area contributed by atoms with Crippen molar-refractivity contribution in [3.05, 3.63) is 54.4 Å². The van der Waals surface area contributed by atoms with Crippen LogP contribution in [0.5, 0.6) is 5.75 Å². The molecule has 8 nitrogen and oxygen atoms in total. The number of ketones is 1. The predicted molar refractivity (Wildman–Crippen MR) is 89.0 cm³/mol. The van der Waals surface area contributed by atoms with E-state index in [0.29, 0.717) is 17.1 Å². The number of nitrogens with zero attached hydrogens (tertiary/aromatic N) is 5. The minimum absolute atomic E-state index is 0.0410. The van der Waals surface area contributed by atoms with Crippen LogP contribution in [0.15, 0.2) is 48.8 Å². The Morgan fingerprint density at radius 3 is 2.96 bits per heavy atom. The van der Waals surface area contributed by atoms with Crippen molar-refractivity contribution in [3.8, 4) is 17.1 Å². The van der Waals surface area contributed by atoms with Gasteiger partial charge in [0.05, 0.1) is 6.54 Å². The van der Waals surface area contributed by atoms with E-state index in [0.717, 1.165) is 5.56 Å². The lowest BCUT2D eigenvalue weighted by atomic mass is 10.1. The first-order valence-corrected chi connectivity index (χ1v) is 7.72. The third-order valence-electron chi connectivity index (χ3n) is 3.43. The second-order valence-electron chi connectivity index (χ2n) is 5.46. The summed E-state index contributed by atoms with van der Waals surface area (Å²) < 4.78 is 5.52. The van der Waals surface area contributed by atoms with Gasteiger partial charge in [0, 0.05) is 23.5 Å². The van der Waals surface area contributed by atoms with Gasteiger partial charge < -0.3 is 9.84 Å². The van der Waals surface area contributed by atoms with Crippen molar-refractivity contribution in [1.29, 1.82) is 0 Å². The van der Waals surface area contributed by atoms with Crippen LogP contribution in [0.2, 0.25) is 0 Å². The van der Waals surface area contributed by atoms with Crippen molar-refractivity contribution in [2.45, 2.75) is 19.6 Å². The molecule has 8 heteroatoms. The van der Waals surface area contributed by atoms with Gasteiger partial charge in [0.1, 0.15) is 18.5 Å². The molecule has 0 aliphatic heterocycles. The van der Waals surface area contributed by atoms with Gasteiger partial charge in [-0.25, -0.2) is 0 Å². The smallest absolute Gasteiger partial charge is 0.206 e. The second-order valence-corrected chi connectivity index (χ2v) is 5.46. The molecule has 2 heterocycles. The fourth-order valence-electron chi connectivity index (χ4n) is 2.17. The van der Waals surface area contributed by atoms with Crippen molar-refractivity contribution < 1.29 is 14.6 Å². The Morgan fingerprint density at radius 1 is 1.32 bits per heavy atom. The number of hydrogen-bond donors (Lipinski definition) is 1. The Morgan fingerprint density at radius 2 is 2.20 bits per heavy atom. The van der Waals surface area contributed by atoms with E-state index in [1.54, 1.807) is 42.7 Å². The molecule has 0 aliphatic rings. The van der Waals surface area contributed by atoms with Crippen molar-refractivity contribution >= 4 is 5.78 Å². The summed E-state index contributed by atoms with van der Waals surface area (Å²) in [5.41, 5.74) is 1.31. The van der Waals surface area contributed by atoms with E-state index >= 15 is 0 Å². The Labute approximate surface area is 144 Å². The Kier molecular flexibility index (Phi) is 5.10. The van der Waals surface area contributed by atoms with Gasteiger partial charge >= 0.3 is 0 Å². The van der Waals surface area contributed by atoms with Gasteiger partial charge in [-0.2, -0.15) is 4.80 Å². The molecule has 0 saturated heterocycles. The molecule has 0 radical (unpaired) electrons. The lowest BCUT2D eigenvalue weighted by Gasteiger charge is -2.11. The minimum atomic E-state index is -0.822. The Bertz CT molecular complexity index is 850. The van der Waals surface area contributed by atoms with E-state index < -0.39 is 6.10 Å². The summed E-state index contributed by atoms with van der Waals surface area (Å²) >= 11 is 0. The third kappa shape index (κ3) is 4.45. The molecular weight excluding hydrogens is 322 g/mol. The van der Waals surface area contributed by atoms with E-state index in [1.165, 1.54) is 11.7 Å². The molecular formula is C17H17N5O3. The van der Waals surface area contributed by atoms with E-state index in [2.05, 4.69) is 20.4 Å². The molecule has 0 bridgehead atoms. The largest absolute Gasteiger partial charge is 0.491 e. The standard InChI is InChI=1S/C17H17N5O3/c1-12(23)13-4-2-6-16(8-13)25-11-15(24)10-22-20-17(19-21-22)14-5-3-7-18-9-14/h2-9,15,24H,10-11H2,1H3/t15-/m0/s1. The molecule has 0 fully saturated rings. The van der Waals surface area contributed by atoms with Crippen molar-refractivity contribution in [2.75, 3.05) is 6.61 Å². The van der Waals surface area contributed by atoms with E-state index in [9.17, 15) is 9.90 Å². The monoisotopic (exact) mass is 339 g/mol. The molecule has 3 aromatic rings. The molecule has 1 aromatic carbocycles. The van der Waals surface area contributed by atoms with Crippen molar-refractivity contribution in [3.63, 3.8) is 0 Å². The number of hydrogen-bond acceptors (Lipinski definition) is 7. The summed E-state index contributed by atoms with van der Waals surface area (Å²) in [5.74, 6) is 0.922. The SMILES string of the molecule is CC(=O)c1cccc(OC[C@@H](O)Cn2nnc(-c3cccnc3)n2)c1. The number of rotatable bonds is 7. The lowest BCUT2D eigenvalue weighted by Crippen LogP contribution is -2.25. The molecule has 1 N–H and O–H groups in total. The zero-order valence-corrected chi connectivity index (χ0v) is 13.6. The summed E-state index contributed by atoms with van der Waals surface area (Å²) in [7, 11) is 0. The van der Waals surface area contributed by atoms with Gasteiger partial charge in [-0.15, -0.1) is 10.2 Å². The molecule has 25 heavy (non-hydrogen) atoms. The number of carbonyl (C=O) groups excluding carboxylic acids is 1. The number of aromatic nitrogens is 5. The fraction of sp³-hybridized carbons (Fsp3) is 0.235. The summed E-state index contributed by atoms with van der Waals surface area (Å²) in [6, 6.07) is 10.4. The van der Waals surface area contributed by atoms with Crippen LogP contribution < -0.4 is 4.74 Å². The fourth-order valence-corrected chi connectivity index (χ4v) is 2.17. The maximum Gasteiger partial charge on any atom is 0.206 e. The number of pyridine rings is 1. The number of benzene rings is 1.